The molecule has 0 unspecified atom stereocenters. The van der Waals surface area contributed by atoms with Crippen molar-refractivity contribution < 1.29 is 27.5 Å². The van der Waals surface area contributed by atoms with Crippen molar-refractivity contribution in [2.24, 2.45) is 0 Å². The molecule has 2 aromatic rings. The quantitative estimate of drug-likeness (QED) is 0.600. The Morgan fingerprint density at radius 2 is 2.04 bits per heavy atom. The van der Waals surface area contributed by atoms with E-state index in [0.717, 1.165) is 23.1 Å². The van der Waals surface area contributed by atoms with Crippen LogP contribution in [0.3, 0.4) is 0 Å². The van der Waals surface area contributed by atoms with Gasteiger partial charge in [0.25, 0.3) is 5.91 Å². The number of hydrogen-bond acceptors (Lipinski definition) is 4. The van der Waals surface area contributed by atoms with E-state index in [4.69, 9.17) is 16.3 Å². The van der Waals surface area contributed by atoms with Crippen LogP contribution in [0.2, 0.25) is 5.02 Å². The van der Waals surface area contributed by atoms with Crippen LogP contribution in [0.1, 0.15) is 10.4 Å². The van der Waals surface area contributed by atoms with Gasteiger partial charge in [0, 0.05) is 11.0 Å². The number of amides is 1. The van der Waals surface area contributed by atoms with Gasteiger partial charge in [-0.25, -0.2) is 4.79 Å². The summed E-state index contributed by atoms with van der Waals surface area (Å²) in [6, 6.07) is 6.13. The number of anilines is 1. The van der Waals surface area contributed by atoms with Crippen LogP contribution >= 0.6 is 22.9 Å². The van der Waals surface area contributed by atoms with E-state index in [-0.39, 0.29) is 10.7 Å². The van der Waals surface area contributed by atoms with E-state index in [0.29, 0.717) is 6.07 Å². The van der Waals surface area contributed by atoms with Crippen LogP contribution in [-0.2, 0) is 20.5 Å². The average Bonchev–Trinajstić information content (AvgIpc) is 3.05. The summed E-state index contributed by atoms with van der Waals surface area (Å²) < 4.78 is 42.7. The van der Waals surface area contributed by atoms with Gasteiger partial charge < -0.3 is 10.1 Å². The van der Waals surface area contributed by atoms with Crippen molar-refractivity contribution in [3.05, 3.63) is 57.3 Å². The lowest BCUT2D eigenvalue weighted by molar-refractivity contribution is -0.142. The third-order valence-electron chi connectivity index (χ3n) is 2.84. The predicted molar refractivity (Wildman–Crippen MR) is 89.4 cm³/mol. The lowest BCUT2D eigenvalue weighted by Crippen LogP contribution is -2.20. The van der Waals surface area contributed by atoms with Crippen molar-refractivity contribution in [1.29, 1.82) is 0 Å². The van der Waals surface area contributed by atoms with Crippen LogP contribution in [0.25, 0.3) is 6.08 Å². The summed E-state index contributed by atoms with van der Waals surface area (Å²) in [5.74, 6) is -1.56. The SMILES string of the molecule is O=C(COC(=O)C=Cc1cccs1)Nc1cc(C(F)(F)F)ccc1Cl. The molecule has 1 aromatic carbocycles. The second-order valence-electron chi connectivity index (χ2n) is 4.70. The topological polar surface area (TPSA) is 55.4 Å². The Labute approximate surface area is 149 Å². The predicted octanol–water partition coefficient (Wildman–Crippen LogP) is 4.62. The third kappa shape index (κ3) is 5.91. The highest BCUT2D eigenvalue weighted by atomic mass is 35.5. The fourth-order valence-electron chi connectivity index (χ4n) is 1.70. The molecule has 9 heteroatoms. The Balaban J connectivity index is 1.91. The molecule has 0 bridgehead atoms. The highest BCUT2D eigenvalue weighted by Crippen LogP contribution is 2.33. The van der Waals surface area contributed by atoms with Crippen molar-refractivity contribution in [2.45, 2.75) is 6.18 Å². The summed E-state index contributed by atoms with van der Waals surface area (Å²) in [4.78, 5) is 24.0. The molecule has 0 saturated carbocycles. The Morgan fingerprint density at radius 1 is 1.28 bits per heavy atom. The van der Waals surface area contributed by atoms with E-state index < -0.39 is 30.2 Å². The average molecular weight is 390 g/mol. The van der Waals surface area contributed by atoms with E-state index in [1.165, 1.54) is 17.4 Å². The third-order valence-corrected chi connectivity index (χ3v) is 4.01. The van der Waals surface area contributed by atoms with Gasteiger partial charge in [0.15, 0.2) is 6.61 Å². The number of ether oxygens (including phenoxy) is 1. The van der Waals surface area contributed by atoms with Gasteiger partial charge >= 0.3 is 12.1 Å². The highest BCUT2D eigenvalue weighted by molar-refractivity contribution is 7.10. The number of thiophene rings is 1. The Morgan fingerprint density at radius 3 is 2.68 bits per heavy atom. The molecule has 2 rings (SSSR count). The molecule has 0 atom stereocenters. The number of alkyl halides is 3. The molecule has 1 amide bonds. The number of benzene rings is 1. The zero-order valence-corrected chi connectivity index (χ0v) is 14.0. The van der Waals surface area contributed by atoms with Crippen molar-refractivity contribution in [2.75, 3.05) is 11.9 Å². The first kappa shape index (κ1) is 19.0. The number of nitrogens with one attached hydrogen (secondary N) is 1. The van der Waals surface area contributed by atoms with Gasteiger partial charge in [-0.2, -0.15) is 13.2 Å². The first-order valence-electron chi connectivity index (χ1n) is 6.80. The summed E-state index contributed by atoms with van der Waals surface area (Å²) in [6.07, 6.45) is -1.89. The molecule has 0 spiro atoms. The van der Waals surface area contributed by atoms with E-state index in [9.17, 15) is 22.8 Å². The molecule has 0 aliphatic rings. The monoisotopic (exact) mass is 389 g/mol. The second kappa shape index (κ2) is 8.17. The largest absolute Gasteiger partial charge is 0.452 e. The minimum Gasteiger partial charge on any atom is -0.452 e. The molecule has 0 radical (unpaired) electrons. The second-order valence-corrected chi connectivity index (χ2v) is 6.08. The van der Waals surface area contributed by atoms with Gasteiger partial charge in [0.1, 0.15) is 0 Å². The zero-order chi connectivity index (χ0) is 18.4. The lowest BCUT2D eigenvalue weighted by atomic mass is 10.2. The molecule has 25 heavy (non-hydrogen) atoms. The van der Waals surface area contributed by atoms with Gasteiger partial charge in [0.2, 0.25) is 0 Å². The smallest absolute Gasteiger partial charge is 0.416 e. The minimum atomic E-state index is -4.57. The van der Waals surface area contributed by atoms with Gasteiger partial charge in [0.05, 0.1) is 16.3 Å². The van der Waals surface area contributed by atoms with Gasteiger partial charge in [-0.3, -0.25) is 4.79 Å². The molecule has 1 N–H and O–H groups in total. The maximum Gasteiger partial charge on any atom is 0.416 e. The van der Waals surface area contributed by atoms with Crippen molar-refractivity contribution in [3.63, 3.8) is 0 Å². The summed E-state index contributed by atoms with van der Waals surface area (Å²) in [5.41, 5.74) is -1.17. The fourth-order valence-corrected chi connectivity index (χ4v) is 2.49. The standard InChI is InChI=1S/C16H11ClF3NO3S/c17-12-5-3-10(16(18,19)20)8-13(12)21-14(22)9-24-15(23)6-4-11-2-1-7-25-11/h1-8H,9H2,(H,21,22). The number of carbonyl (C=O) groups is 2. The van der Waals surface area contributed by atoms with Crippen LogP contribution in [-0.4, -0.2) is 18.5 Å². The molecule has 1 heterocycles. The number of rotatable bonds is 5. The van der Waals surface area contributed by atoms with E-state index >= 15 is 0 Å². The first-order chi connectivity index (χ1) is 11.8. The van der Waals surface area contributed by atoms with Crippen LogP contribution in [0.15, 0.2) is 41.8 Å². The molecule has 0 aliphatic carbocycles. The van der Waals surface area contributed by atoms with E-state index in [1.807, 2.05) is 11.4 Å². The minimum absolute atomic E-state index is 0.0646. The number of hydrogen-bond donors (Lipinski definition) is 1. The zero-order valence-electron chi connectivity index (χ0n) is 12.5. The summed E-state index contributed by atoms with van der Waals surface area (Å²) >= 11 is 7.18. The van der Waals surface area contributed by atoms with E-state index in [2.05, 4.69) is 5.32 Å². The molecule has 4 nitrogen and oxygen atoms in total. The summed E-state index contributed by atoms with van der Waals surface area (Å²) in [5, 5.41) is 3.94. The number of halogens is 4. The Bertz CT molecular complexity index is 788. The first-order valence-corrected chi connectivity index (χ1v) is 8.06. The van der Waals surface area contributed by atoms with Gasteiger partial charge in [-0.05, 0) is 35.7 Å². The van der Waals surface area contributed by atoms with Crippen molar-refractivity contribution >= 4 is 46.6 Å². The summed E-state index contributed by atoms with van der Waals surface area (Å²) in [7, 11) is 0. The number of carbonyl (C=O) groups excluding carboxylic acids is 2. The maximum atomic E-state index is 12.7. The summed E-state index contributed by atoms with van der Waals surface area (Å²) in [6.45, 7) is -0.653. The van der Waals surface area contributed by atoms with Crippen molar-refractivity contribution in [3.8, 4) is 0 Å². The van der Waals surface area contributed by atoms with Crippen molar-refractivity contribution in [1.82, 2.24) is 0 Å². The molecular formula is C16H11ClF3NO3S. The van der Waals surface area contributed by atoms with Crippen LogP contribution in [0.4, 0.5) is 18.9 Å². The van der Waals surface area contributed by atoms with E-state index in [1.54, 1.807) is 6.07 Å². The van der Waals surface area contributed by atoms with Crippen LogP contribution in [0, 0.1) is 0 Å². The molecule has 132 valence electrons. The molecule has 0 saturated heterocycles. The molecular weight excluding hydrogens is 379 g/mol. The van der Waals surface area contributed by atoms with Gasteiger partial charge in [-0.1, -0.05) is 17.7 Å². The molecule has 0 aliphatic heterocycles. The maximum absolute atomic E-state index is 12.7. The highest BCUT2D eigenvalue weighted by Gasteiger charge is 2.31. The van der Waals surface area contributed by atoms with Gasteiger partial charge in [-0.15, -0.1) is 11.3 Å². The normalized spacial score (nSPS) is 11.5. The Kier molecular flexibility index (Phi) is 6.22. The molecule has 0 fully saturated rings. The van der Waals surface area contributed by atoms with Crippen LogP contribution < -0.4 is 5.32 Å². The fraction of sp³-hybridized carbons (Fsp3) is 0.125. The van der Waals surface area contributed by atoms with Crippen LogP contribution in [0.5, 0.6) is 0 Å². The Hall–Kier alpha value is -2.32. The molecule has 1 aromatic heterocycles. The number of esters is 1. The lowest BCUT2D eigenvalue weighted by Gasteiger charge is -2.11.